The Morgan fingerprint density at radius 3 is 2.41 bits per heavy atom. The van der Waals surface area contributed by atoms with Crippen LogP contribution in [0, 0.1) is 0 Å². The first-order valence-corrected chi connectivity index (χ1v) is 7.86. The molecule has 0 aliphatic heterocycles. The molecular weight excluding hydrogens is 363 g/mol. The van der Waals surface area contributed by atoms with E-state index in [0.29, 0.717) is 17.2 Å². The van der Waals surface area contributed by atoms with Crippen molar-refractivity contribution in [3.63, 3.8) is 0 Å². The Bertz CT molecular complexity index is 961. The Balaban J connectivity index is 1.87. The largest absolute Gasteiger partial charge is 0.497 e. The van der Waals surface area contributed by atoms with Gasteiger partial charge in [0.1, 0.15) is 18.0 Å². The van der Waals surface area contributed by atoms with Gasteiger partial charge in [0.05, 0.1) is 37.1 Å². The lowest BCUT2D eigenvalue weighted by Crippen LogP contribution is -2.19. The number of nitrogens with zero attached hydrogens (tertiary/aromatic N) is 2. The molecule has 0 saturated carbocycles. The summed E-state index contributed by atoms with van der Waals surface area (Å²) in [5.74, 6) is 0.427. The SMILES string of the molecule is COc1cc(NC(=O)Cn2cnc3cccc(C(F)(F)F)c32)cc(OC)c1. The molecule has 0 bridgehead atoms. The van der Waals surface area contributed by atoms with Crippen molar-refractivity contribution in [2.45, 2.75) is 12.7 Å². The van der Waals surface area contributed by atoms with Crippen molar-refractivity contribution in [2.24, 2.45) is 0 Å². The Hall–Kier alpha value is -3.23. The topological polar surface area (TPSA) is 65.4 Å². The molecule has 142 valence electrons. The molecule has 1 aromatic heterocycles. The second-order valence-corrected chi connectivity index (χ2v) is 5.69. The van der Waals surface area contributed by atoms with Gasteiger partial charge < -0.3 is 19.4 Å². The second kappa shape index (κ2) is 7.18. The van der Waals surface area contributed by atoms with E-state index in [4.69, 9.17) is 9.47 Å². The van der Waals surface area contributed by atoms with Gasteiger partial charge in [0.15, 0.2) is 0 Å². The predicted octanol–water partition coefficient (Wildman–Crippen LogP) is 3.71. The number of carbonyl (C=O) groups is 1. The number of alkyl halides is 3. The van der Waals surface area contributed by atoms with Gasteiger partial charge in [-0.25, -0.2) is 4.98 Å². The number of fused-ring (bicyclic) bond motifs is 1. The summed E-state index contributed by atoms with van der Waals surface area (Å²) >= 11 is 0. The van der Waals surface area contributed by atoms with Crippen LogP contribution < -0.4 is 14.8 Å². The first-order valence-electron chi connectivity index (χ1n) is 7.86. The maximum atomic E-state index is 13.3. The van der Waals surface area contributed by atoms with Crippen LogP contribution in [0.1, 0.15) is 5.56 Å². The van der Waals surface area contributed by atoms with E-state index < -0.39 is 17.6 Å². The van der Waals surface area contributed by atoms with Crippen LogP contribution in [0.5, 0.6) is 11.5 Å². The maximum Gasteiger partial charge on any atom is 0.418 e. The summed E-state index contributed by atoms with van der Waals surface area (Å²) in [6, 6.07) is 8.50. The van der Waals surface area contributed by atoms with Crippen LogP contribution in [0.25, 0.3) is 11.0 Å². The third-order valence-corrected chi connectivity index (χ3v) is 3.89. The fourth-order valence-electron chi connectivity index (χ4n) is 2.71. The molecule has 0 unspecified atom stereocenters. The summed E-state index contributed by atoms with van der Waals surface area (Å²) in [4.78, 5) is 16.3. The molecule has 1 heterocycles. The monoisotopic (exact) mass is 379 g/mol. The number of aromatic nitrogens is 2. The van der Waals surface area contributed by atoms with Gasteiger partial charge >= 0.3 is 6.18 Å². The summed E-state index contributed by atoms with van der Waals surface area (Å²) in [7, 11) is 2.94. The van der Waals surface area contributed by atoms with E-state index in [2.05, 4.69) is 10.3 Å². The zero-order chi connectivity index (χ0) is 19.6. The number of nitrogens with one attached hydrogen (secondary N) is 1. The van der Waals surface area contributed by atoms with E-state index in [9.17, 15) is 18.0 Å². The highest BCUT2D eigenvalue weighted by Gasteiger charge is 2.34. The standard InChI is InChI=1S/C18H16F3N3O3/c1-26-12-6-11(7-13(8-12)27-2)23-16(25)9-24-10-22-15-5-3-4-14(17(15)24)18(19,20)21/h3-8,10H,9H2,1-2H3,(H,23,25). The van der Waals surface area contributed by atoms with Gasteiger partial charge in [0.2, 0.25) is 5.91 Å². The molecule has 2 aromatic carbocycles. The molecule has 9 heteroatoms. The fourth-order valence-corrected chi connectivity index (χ4v) is 2.71. The van der Waals surface area contributed by atoms with Crippen molar-refractivity contribution in [1.29, 1.82) is 0 Å². The third kappa shape index (κ3) is 3.97. The minimum Gasteiger partial charge on any atom is -0.497 e. The van der Waals surface area contributed by atoms with E-state index in [0.717, 1.165) is 6.07 Å². The summed E-state index contributed by atoms with van der Waals surface area (Å²) < 4.78 is 51.2. The summed E-state index contributed by atoms with van der Waals surface area (Å²) in [6.45, 7) is -0.330. The predicted molar refractivity (Wildman–Crippen MR) is 92.9 cm³/mol. The quantitative estimate of drug-likeness (QED) is 0.734. The van der Waals surface area contributed by atoms with Gasteiger partial charge in [-0.1, -0.05) is 6.07 Å². The van der Waals surface area contributed by atoms with E-state index in [1.165, 1.54) is 37.2 Å². The lowest BCUT2D eigenvalue weighted by atomic mass is 10.1. The number of rotatable bonds is 5. The molecule has 0 saturated heterocycles. The molecule has 3 rings (SSSR count). The summed E-state index contributed by atoms with van der Waals surface area (Å²) in [5, 5.41) is 2.62. The van der Waals surface area contributed by atoms with Crippen LogP contribution in [0.4, 0.5) is 18.9 Å². The molecule has 1 N–H and O–H groups in total. The first kappa shape index (κ1) is 18.6. The molecule has 6 nitrogen and oxygen atoms in total. The molecule has 0 spiro atoms. The number of carbonyl (C=O) groups excluding carboxylic acids is 1. The smallest absolute Gasteiger partial charge is 0.418 e. The Morgan fingerprint density at radius 2 is 1.81 bits per heavy atom. The van der Waals surface area contributed by atoms with Gasteiger partial charge in [-0.3, -0.25) is 4.79 Å². The number of imidazole rings is 1. The van der Waals surface area contributed by atoms with Crippen LogP contribution in [-0.2, 0) is 17.5 Å². The minimum absolute atomic E-state index is 0.136. The number of benzene rings is 2. The molecule has 0 atom stereocenters. The lowest BCUT2D eigenvalue weighted by Gasteiger charge is -2.12. The lowest BCUT2D eigenvalue weighted by molar-refractivity contribution is -0.136. The van der Waals surface area contributed by atoms with Gasteiger partial charge in [-0.15, -0.1) is 0 Å². The Kier molecular flexibility index (Phi) is 4.93. The van der Waals surface area contributed by atoms with Crippen LogP contribution in [0.15, 0.2) is 42.7 Å². The van der Waals surface area contributed by atoms with Crippen LogP contribution in [0.2, 0.25) is 0 Å². The number of ether oxygens (including phenoxy) is 2. The van der Waals surface area contributed by atoms with Crippen molar-refractivity contribution in [3.05, 3.63) is 48.3 Å². The molecule has 3 aromatic rings. The number of anilines is 1. The first-order chi connectivity index (χ1) is 12.8. The van der Waals surface area contributed by atoms with Gasteiger partial charge in [-0.2, -0.15) is 13.2 Å². The highest BCUT2D eigenvalue weighted by atomic mass is 19.4. The minimum atomic E-state index is -4.55. The van der Waals surface area contributed by atoms with Gasteiger partial charge in [-0.05, 0) is 12.1 Å². The zero-order valence-corrected chi connectivity index (χ0v) is 14.5. The van der Waals surface area contributed by atoms with E-state index in [-0.39, 0.29) is 17.6 Å². The second-order valence-electron chi connectivity index (χ2n) is 5.69. The van der Waals surface area contributed by atoms with Crippen LogP contribution >= 0.6 is 0 Å². The molecule has 0 radical (unpaired) electrons. The molecule has 1 amide bonds. The fraction of sp³-hybridized carbons (Fsp3) is 0.222. The number of methoxy groups -OCH3 is 2. The normalized spacial score (nSPS) is 11.4. The van der Waals surface area contributed by atoms with E-state index in [1.54, 1.807) is 18.2 Å². The van der Waals surface area contributed by atoms with Gasteiger partial charge in [0, 0.05) is 23.9 Å². The van der Waals surface area contributed by atoms with Crippen molar-refractivity contribution in [3.8, 4) is 11.5 Å². The summed E-state index contributed by atoms with van der Waals surface area (Å²) in [6.07, 6.45) is -3.33. The number of amides is 1. The van der Waals surface area contributed by atoms with Crippen molar-refractivity contribution in [1.82, 2.24) is 9.55 Å². The number of hydrogen-bond acceptors (Lipinski definition) is 4. The maximum absolute atomic E-state index is 13.3. The van der Waals surface area contributed by atoms with Crippen LogP contribution in [0.3, 0.4) is 0 Å². The third-order valence-electron chi connectivity index (χ3n) is 3.89. The van der Waals surface area contributed by atoms with Crippen molar-refractivity contribution >= 4 is 22.6 Å². The van der Waals surface area contributed by atoms with E-state index in [1.807, 2.05) is 0 Å². The number of para-hydroxylation sites is 1. The number of hydrogen-bond donors (Lipinski definition) is 1. The number of halogens is 3. The van der Waals surface area contributed by atoms with E-state index >= 15 is 0 Å². The zero-order valence-electron chi connectivity index (χ0n) is 14.5. The molecule has 0 fully saturated rings. The van der Waals surface area contributed by atoms with Crippen LogP contribution in [-0.4, -0.2) is 29.7 Å². The average Bonchev–Trinajstić information content (AvgIpc) is 3.03. The molecular formula is C18H16F3N3O3. The Labute approximate surface area is 152 Å². The molecule has 0 aliphatic rings. The highest BCUT2D eigenvalue weighted by Crippen LogP contribution is 2.34. The van der Waals surface area contributed by atoms with Crippen molar-refractivity contribution in [2.75, 3.05) is 19.5 Å². The Morgan fingerprint density at radius 1 is 1.15 bits per heavy atom. The molecule has 0 aliphatic carbocycles. The highest BCUT2D eigenvalue weighted by molar-refractivity contribution is 5.92. The average molecular weight is 379 g/mol. The molecule has 27 heavy (non-hydrogen) atoms. The van der Waals surface area contributed by atoms with Crippen molar-refractivity contribution < 1.29 is 27.4 Å². The summed E-state index contributed by atoms with van der Waals surface area (Å²) in [5.41, 5.74) is -0.408. The van der Waals surface area contributed by atoms with Gasteiger partial charge in [0.25, 0.3) is 0 Å².